The molecule has 0 aliphatic carbocycles. The second-order valence-corrected chi connectivity index (χ2v) is 6.82. The number of hydrogen-bond acceptors (Lipinski definition) is 2. The molecule has 0 saturated heterocycles. The van der Waals surface area contributed by atoms with E-state index in [1.54, 1.807) is 6.92 Å². The number of anilines is 1. The van der Waals surface area contributed by atoms with Gasteiger partial charge in [-0.2, -0.15) is 0 Å². The molecule has 24 heavy (non-hydrogen) atoms. The molecule has 0 radical (unpaired) electrons. The average Bonchev–Trinajstić information content (AvgIpc) is 2.80. The normalized spacial score (nSPS) is 13.8. The summed E-state index contributed by atoms with van der Waals surface area (Å²) in [6, 6.07) is 4.26. The van der Waals surface area contributed by atoms with Crippen LogP contribution < -0.4 is 4.90 Å². The van der Waals surface area contributed by atoms with Gasteiger partial charge in [0.2, 0.25) is 0 Å². The summed E-state index contributed by atoms with van der Waals surface area (Å²) in [6.45, 7) is 10.1. The third-order valence-corrected chi connectivity index (χ3v) is 4.94. The molecule has 1 aromatic carbocycles. The van der Waals surface area contributed by atoms with E-state index in [2.05, 4.69) is 31.0 Å². The summed E-state index contributed by atoms with van der Waals surface area (Å²) in [5, 5.41) is 0. The van der Waals surface area contributed by atoms with E-state index in [4.69, 9.17) is 0 Å². The molecular weight excluding hydrogens is 300 g/mol. The van der Waals surface area contributed by atoms with Gasteiger partial charge >= 0.3 is 0 Å². The predicted molar refractivity (Wildman–Crippen MR) is 96.2 cm³/mol. The van der Waals surface area contributed by atoms with E-state index in [-0.39, 0.29) is 11.7 Å². The minimum Gasteiger partial charge on any atom is -0.354 e. The zero-order valence-electron chi connectivity index (χ0n) is 15.0. The number of aromatic amines is 1. The summed E-state index contributed by atoms with van der Waals surface area (Å²) in [6.07, 6.45) is 1.97. The van der Waals surface area contributed by atoms with Crippen molar-refractivity contribution in [1.29, 1.82) is 0 Å². The monoisotopic (exact) mass is 324 g/mol. The highest BCUT2D eigenvalue weighted by atomic mass is 16.2. The number of amides is 1. The van der Waals surface area contributed by atoms with Crippen LogP contribution in [0.25, 0.3) is 0 Å². The van der Waals surface area contributed by atoms with Crippen LogP contribution in [0.15, 0.2) is 12.1 Å². The van der Waals surface area contributed by atoms with Gasteiger partial charge < -0.3 is 9.88 Å². The van der Waals surface area contributed by atoms with E-state index in [9.17, 15) is 9.59 Å². The average molecular weight is 324 g/mol. The summed E-state index contributed by atoms with van der Waals surface area (Å²) in [7, 11) is 0. The maximum absolute atomic E-state index is 13.2. The van der Waals surface area contributed by atoms with Crippen LogP contribution in [-0.2, 0) is 6.42 Å². The quantitative estimate of drug-likeness (QED) is 0.848. The number of H-pyrrole nitrogens is 1. The van der Waals surface area contributed by atoms with Gasteiger partial charge in [-0.05, 0) is 75.8 Å². The minimum atomic E-state index is -0.0472. The Morgan fingerprint density at radius 2 is 1.83 bits per heavy atom. The van der Waals surface area contributed by atoms with Crippen LogP contribution in [0, 0.1) is 27.7 Å². The van der Waals surface area contributed by atoms with Crippen molar-refractivity contribution in [1.82, 2.24) is 4.98 Å². The first-order valence-corrected chi connectivity index (χ1v) is 8.43. The number of nitrogens with one attached hydrogen (secondary N) is 1. The van der Waals surface area contributed by atoms with E-state index in [0.717, 1.165) is 35.3 Å². The molecule has 1 aliphatic heterocycles. The topological polar surface area (TPSA) is 53.2 Å². The van der Waals surface area contributed by atoms with E-state index >= 15 is 0 Å². The first-order valence-electron chi connectivity index (χ1n) is 8.43. The molecule has 0 atom stereocenters. The first-order chi connectivity index (χ1) is 11.3. The van der Waals surface area contributed by atoms with Crippen LogP contribution in [0.2, 0.25) is 0 Å². The van der Waals surface area contributed by atoms with Gasteiger partial charge in [0, 0.05) is 23.5 Å². The Bertz CT molecular complexity index is 846. The number of hydrogen-bond donors (Lipinski definition) is 1. The van der Waals surface area contributed by atoms with E-state index in [0.29, 0.717) is 17.8 Å². The zero-order chi connectivity index (χ0) is 17.6. The molecule has 0 saturated carbocycles. The summed E-state index contributed by atoms with van der Waals surface area (Å²) >= 11 is 0. The second kappa shape index (κ2) is 5.93. The van der Waals surface area contributed by atoms with Crippen LogP contribution in [0.1, 0.15) is 62.1 Å². The van der Waals surface area contributed by atoms with Gasteiger partial charge in [0.05, 0.1) is 0 Å². The number of ketones is 1. The smallest absolute Gasteiger partial charge is 0.274 e. The lowest BCUT2D eigenvalue weighted by molar-refractivity contribution is 0.0979. The summed E-state index contributed by atoms with van der Waals surface area (Å²) in [4.78, 5) is 30.0. The Hall–Kier alpha value is -2.36. The Morgan fingerprint density at radius 1 is 1.12 bits per heavy atom. The highest BCUT2D eigenvalue weighted by Crippen LogP contribution is 2.33. The van der Waals surface area contributed by atoms with Gasteiger partial charge in [-0.3, -0.25) is 9.59 Å². The van der Waals surface area contributed by atoms with E-state index in [1.165, 1.54) is 11.1 Å². The maximum atomic E-state index is 13.2. The van der Waals surface area contributed by atoms with Gasteiger partial charge in [0.15, 0.2) is 5.78 Å². The van der Waals surface area contributed by atoms with Crippen molar-refractivity contribution in [3.63, 3.8) is 0 Å². The number of nitrogens with zero attached hydrogens (tertiary/aromatic N) is 1. The predicted octanol–water partition coefficient (Wildman–Crippen LogP) is 4.04. The summed E-state index contributed by atoms with van der Waals surface area (Å²) < 4.78 is 0. The molecule has 0 unspecified atom stereocenters. The molecule has 1 aromatic heterocycles. The molecule has 4 heteroatoms. The number of carbonyl (C=O) groups excluding carboxylic acids is 2. The van der Waals surface area contributed by atoms with Crippen molar-refractivity contribution < 1.29 is 9.59 Å². The molecule has 0 fully saturated rings. The molecule has 0 bridgehead atoms. The molecule has 4 nitrogen and oxygen atoms in total. The van der Waals surface area contributed by atoms with Crippen LogP contribution in [0.4, 0.5) is 5.69 Å². The number of carbonyl (C=O) groups is 2. The molecule has 3 rings (SSSR count). The lowest BCUT2D eigenvalue weighted by atomic mass is 9.94. The van der Waals surface area contributed by atoms with Crippen molar-refractivity contribution >= 4 is 17.4 Å². The lowest BCUT2D eigenvalue weighted by Gasteiger charge is -2.31. The number of aryl methyl sites for hydroxylation is 3. The maximum Gasteiger partial charge on any atom is 0.274 e. The molecule has 0 spiro atoms. The van der Waals surface area contributed by atoms with Crippen LogP contribution in [-0.4, -0.2) is 23.2 Å². The van der Waals surface area contributed by atoms with Crippen molar-refractivity contribution in [2.45, 2.75) is 47.5 Å². The Morgan fingerprint density at radius 3 is 2.46 bits per heavy atom. The van der Waals surface area contributed by atoms with E-state index < -0.39 is 0 Å². The number of fused-ring (bicyclic) bond motifs is 1. The van der Waals surface area contributed by atoms with Gasteiger partial charge in [0.1, 0.15) is 5.69 Å². The molecular formula is C20H24N2O2. The Kier molecular flexibility index (Phi) is 4.08. The molecule has 1 aliphatic rings. The standard InChI is InChI=1S/C20H24N2O2/c1-11-9-12(2)16-7-6-8-22(17(16)10-11)20(24)19-13(3)18(15(5)23)14(4)21-19/h9-10,21H,6-8H2,1-5H3. The molecule has 126 valence electrons. The highest BCUT2D eigenvalue weighted by Gasteiger charge is 2.28. The fourth-order valence-electron chi connectivity index (χ4n) is 3.91. The van der Waals surface area contributed by atoms with Crippen LogP contribution in [0.3, 0.4) is 0 Å². The fourth-order valence-corrected chi connectivity index (χ4v) is 3.91. The van der Waals surface area contributed by atoms with Crippen LogP contribution >= 0.6 is 0 Å². The second-order valence-electron chi connectivity index (χ2n) is 6.82. The Balaban J connectivity index is 2.08. The number of benzene rings is 1. The third kappa shape index (κ3) is 2.56. The lowest BCUT2D eigenvalue weighted by Crippen LogP contribution is -2.36. The van der Waals surface area contributed by atoms with Crippen molar-refractivity contribution in [2.24, 2.45) is 0 Å². The number of aromatic nitrogens is 1. The van der Waals surface area contributed by atoms with Crippen molar-refractivity contribution in [3.05, 3.63) is 51.3 Å². The number of Topliss-reactive ketones (excluding diaryl/α,β-unsaturated/α-hetero) is 1. The Labute approximate surface area is 142 Å². The van der Waals surface area contributed by atoms with Gasteiger partial charge in [-0.15, -0.1) is 0 Å². The van der Waals surface area contributed by atoms with Crippen LogP contribution in [0.5, 0.6) is 0 Å². The zero-order valence-corrected chi connectivity index (χ0v) is 15.0. The first kappa shape index (κ1) is 16.5. The van der Waals surface area contributed by atoms with Crippen molar-refractivity contribution in [3.8, 4) is 0 Å². The summed E-state index contributed by atoms with van der Waals surface area (Å²) in [5.41, 5.74) is 7.36. The number of rotatable bonds is 2. The largest absolute Gasteiger partial charge is 0.354 e. The molecule has 1 amide bonds. The third-order valence-electron chi connectivity index (χ3n) is 4.94. The molecule has 1 N–H and O–H groups in total. The summed E-state index contributed by atoms with van der Waals surface area (Å²) in [5.74, 6) is -0.0555. The molecule has 2 aromatic rings. The van der Waals surface area contributed by atoms with E-state index in [1.807, 2.05) is 18.7 Å². The SMILES string of the molecule is CC(=O)c1c(C)[nH]c(C(=O)N2CCCc3c(C)cc(C)cc32)c1C. The van der Waals surface area contributed by atoms with Gasteiger partial charge in [0.25, 0.3) is 5.91 Å². The van der Waals surface area contributed by atoms with Gasteiger partial charge in [-0.25, -0.2) is 0 Å². The minimum absolute atomic E-state index is 0.00830. The highest BCUT2D eigenvalue weighted by molar-refractivity contribution is 6.09. The fraction of sp³-hybridized carbons (Fsp3) is 0.400. The van der Waals surface area contributed by atoms with Gasteiger partial charge in [-0.1, -0.05) is 6.07 Å². The van der Waals surface area contributed by atoms with Crippen molar-refractivity contribution in [2.75, 3.05) is 11.4 Å². The molecule has 2 heterocycles.